The highest BCUT2D eigenvalue weighted by Crippen LogP contribution is 2.13. The van der Waals surface area contributed by atoms with Crippen molar-refractivity contribution in [3.8, 4) is 5.75 Å². The molecule has 0 aliphatic carbocycles. The quantitative estimate of drug-likeness (QED) is 0.426. The third-order valence-electron chi connectivity index (χ3n) is 1.65. The molecule has 0 heterocycles. The molecule has 0 atom stereocenters. The number of nitrogens with two attached hydrogens (primary N) is 1. The lowest BCUT2D eigenvalue weighted by Gasteiger charge is -2.03. The minimum absolute atomic E-state index is 0.00314. The standard InChI is InChI=1S/C10H13NO3/c11-8-3-5-9(6-4-8)14-10(13)2-1-7-12/h3-6,12H,1-2,7,11H2. The van der Waals surface area contributed by atoms with Crippen molar-refractivity contribution in [2.24, 2.45) is 0 Å². The molecule has 76 valence electrons. The molecule has 0 radical (unpaired) electrons. The van der Waals surface area contributed by atoms with E-state index in [2.05, 4.69) is 0 Å². The molecule has 0 aliphatic heterocycles. The minimum atomic E-state index is -0.344. The van der Waals surface area contributed by atoms with Gasteiger partial charge in [-0.3, -0.25) is 4.79 Å². The van der Waals surface area contributed by atoms with Gasteiger partial charge >= 0.3 is 5.97 Å². The average Bonchev–Trinajstić information content (AvgIpc) is 2.18. The van der Waals surface area contributed by atoms with Crippen LogP contribution >= 0.6 is 0 Å². The van der Waals surface area contributed by atoms with Crippen molar-refractivity contribution < 1.29 is 14.6 Å². The first kappa shape index (κ1) is 10.5. The fraction of sp³-hybridized carbons (Fsp3) is 0.300. The predicted octanol–water partition coefficient (Wildman–Crippen LogP) is 0.947. The number of carbonyl (C=O) groups excluding carboxylic acids is 1. The lowest BCUT2D eigenvalue weighted by atomic mass is 10.3. The van der Waals surface area contributed by atoms with Gasteiger partial charge in [0.25, 0.3) is 0 Å². The van der Waals surface area contributed by atoms with Crippen molar-refractivity contribution in [1.29, 1.82) is 0 Å². The number of hydrogen-bond donors (Lipinski definition) is 2. The molecule has 0 amide bonds. The van der Waals surface area contributed by atoms with E-state index in [1.807, 2.05) is 0 Å². The van der Waals surface area contributed by atoms with Crippen LogP contribution in [0, 0.1) is 0 Å². The first-order valence-electron chi connectivity index (χ1n) is 4.39. The van der Waals surface area contributed by atoms with E-state index in [-0.39, 0.29) is 19.0 Å². The predicted molar refractivity (Wildman–Crippen MR) is 52.8 cm³/mol. The van der Waals surface area contributed by atoms with E-state index in [1.165, 1.54) is 0 Å². The van der Waals surface area contributed by atoms with Gasteiger partial charge in [0.1, 0.15) is 5.75 Å². The second-order valence-corrected chi connectivity index (χ2v) is 2.87. The summed E-state index contributed by atoms with van der Waals surface area (Å²) >= 11 is 0. The normalized spacial score (nSPS) is 9.79. The maximum absolute atomic E-state index is 11.1. The Morgan fingerprint density at radius 2 is 2.00 bits per heavy atom. The van der Waals surface area contributed by atoms with Crippen LogP contribution in [0.15, 0.2) is 24.3 Å². The van der Waals surface area contributed by atoms with Crippen LogP contribution in [0.25, 0.3) is 0 Å². The first-order valence-corrected chi connectivity index (χ1v) is 4.39. The van der Waals surface area contributed by atoms with Gasteiger partial charge in [-0.2, -0.15) is 0 Å². The van der Waals surface area contributed by atoms with Crippen LogP contribution in [-0.2, 0) is 4.79 Å². The number of aliphatic hydroxyl groups excluding tert-OH is 1. The number of carbonyl (C=O) groups is 1. The van der Waals surface area contributed by atoms with Crippen LogP contribution < -0.4 is 10.5 Å². The summed E-state index contributed by atoms with van der Waals surface area (Å²) in [5.74, 6) is 0.131. The molecule has 1 rings (SSSR count). The smallest absolute Gasteiger partial charge is 0.311 e. The SMILES string of the molecule is Nc1ccc(OC(=O)CCCO)cc1. The molecule has 4 nitrogen and oxygen atoms in total. The Hall–Kier alpha value is -1.55. The highest BCUT2D eigenvalue weighted by atomic mass is 16.5. The van der Waals surface area contributed by atoms with Crippen molar-refractivity contribution in [2.45, 2.75) is 12.8 Å². The van der Waals surface area contributed by atoms with Crippen molar-refractivity contribution in [3.05, 3.63) is 24.3 Å². The van der Waals surface area contributed by atoms with Gasteiger partial charge in [-0.1, -0.05) is 0 Å². The topological polar surface area (TPSA) is 72.5 Å². The molecule has 0 saturated heterocycles. The second kappa shape index (κ2) is 5.24. The Morgan fingerprint density at radius 1 is 1.36 bits per heavy atom. The fourth-order valence-electron chi connectivity index (χ4n) is 0.942. The molecule has 14 heavy (non-hydrogen) atoms. The third kappa shape index (κ3) is 3.45. The van der Waals surface area contributed by atoms with E-state index in [0.29, 0.717) is 17.9 Å². The summed E-state index contributed by atoms with van der Waals surface area (Å²) in [7, 11) is 0. The molecule has 3 N–H and O–H groups in total. The number of benzene rings is 1. The van der Waals surface area contributed by atoms with Gasteiger partial charge in [-0.05, 0) is 30.7 Å². The van der Waals surface area contributed by atoms with E-state index in [4.69, 9.17) is 15.6 Å². The largest absolute Gasteiger partial charge is 0.427 e. The third-order valence-corrected chi connectivity index (χ3v) is 1.65. The van der Waals surface area contributed by atoms with Gasteiger partial charge in [0.05, 0.1) is 0 Å². The lowest BCUT2D eigenvalue weighted by Crippen LogP contribution is -2.08. The molecule has 0 aliphatic rings. The summed E-state index contributed by atoms with van der Waals surface area (Å²) in [6, 6.07) is 6.58. The van der Waals surface area contributed by atoms with Crippen LogP contribution in [0.4, 0.5) is 5.69 Å². The van der Waals surface area contributed by atoms with Crippen molar-refractivity contribution >= 4 is 11.7 Å². The second-order valence-electron chi connectivity index (χ2n) is 2.87. The molecule has 0 saturated carbocycles. The summed E-state index contributed by atoms with van der Waals surface area (Å²) in [6.07, 6.45) is 0.648. The highest BCUT2D eigenvalue weighted by molar-refractivity contribution is 5.72. The average molecular weight is 195 g/mol. The molecular weight excluding hydrogens is 182 g/mol. The highest BCUT2D eigenvalue weighted by Gasteiger charge is 2.03. The van der Waals surface area contributed by atoms with Crippen molar-refractivity contribution in [1.82, 2.24) is 0 Å². The van der Waals surface area contributed by atoms with E-state index in [1.54, 1.807) is 24.3 Å². The van der Waals surface area contributed by atoms with Crippen LogP contribution in [0.1, 0.15) is 12.8 Å². The Labute approximate surface area is 82.3 Å². The molecule has 0 spiro atoms. The van der Waals surface area contributed by atoms with Gasteiger partial charge in [-0.15, -0.1) is 0 Å². The van der Waals surface area contributed by atoms with Gasteiger partial charge in [0, 0.05) is 18.7 Å². The Morgan fingerprint density at radius 3 is 2.57 bits per heavy atom. The Bertz CT molecular complexity index is 295. The molecule has 1 aromatic carbocycles. The van der Waals surface area contributed by atoms with Gasteiger partial charge < -0.3 is 15.6 Å². The number of esters is 1. The minimum Gasteiger partial charge on any atom is -0.427 e. The summed E-state index contributed by atoms with van der Waals surface area (Å²) in [5, 5.41) is 8.49. The first-order chi connectivity index (χ1) is 6.72. The number of anilines is 1. The van der Waals surface area contributed by atoms with Gasteiger partial charge in [0.2, 0.25) is 0 Å². The van der Waals surface area contributed by atoms with Crippen molar-refractivity contribution in [2.75, 3.05) is 12.3 Å². The molecule has 1 aromatic rings. The zero-order valence-electron chi connectivity index (χ0n) is 7.77. The van der Waals surface area contributed by atoms with Crippen molar-refractivity contribution in [3.63, 3.8) is 0 Å². The molecule has 0 unspecified atom stereocenters. The summed E-state index contributed by atoms with van der Waals surface area (Å²) in [6.45, 7) is -0.00314. The van der Waals surface area contributed by atoms with E-state index < -0.39 is 0 Å². The van der Waals surface area contributed by atoms with Gasteiger partial charge in [0.15, 0.2) is 0 Å². The van der Waals surface area contributed by atoms with E-state index >= 15 is 0 Å². The molecule has 0 aromatic heterocycles. The molecule has 0 fully saturated rings. The van der Waals surface area contributed by atoms with Crippen LogP contribution in [0.2, 0.25) is 0 Å². The number of aliphatic hydroxyl groups is 1. The van der Waals surface area contributed by atoms with Gasteiger partial charge in [-0.25, -0.2) is 0 Å². The Kier molecular flexibility index (Phi) is 3.94. The van der Waals surface area contributed by atoms with Crippen LogP contribution in [0.3, 0.4) is 0 Å². The molecule has 0 bridgehead atoms. The number of nitrogen functional groups attached to an aromatic ring is 1. The zero-order valence-corrected chi connectivity index (χ0v) is 7.77. The number of hydrogen-bond acceptors (Lipinski definition) is 4. The summed E-state index contributed by atoms with van der Waals surface area (Å²) < 4.78 is 4.97. The Balaban J connectivity index is 2.44. The molecule has 4 heteroatoms. The van der Waals surface area contributed by atoms with E-state index in [9.17, 15) is 4.79 Å². The maximum Gasteiger partial charge on any atom is 0.311 e. The van der Waals surface area contributed by atoms with Crippen LogP contribution in [-0.4, -0.2) is 17.7 Å². The van der Waals surface area contributed by atoms with E-state index in [0.717, 1.165) is 0 Å². The fourth-order valence-corrected chi connectivity index (χ4v) is 0.942. The maximum atomic E-state index is 11.1. The van der Waals surface area contributed by atoms with Crippen LogP contribution in [0.5, 0.6) is 5.75 Å². The number of ether oxygens (including phenoxy) is 1. The summed E-state index contributed by atoms with van der Waals surface area (Å²) in [4.78, 5) is 11.1. The lowest BCUT2D eigenvalue weighted by molar-refractivity contribution is -0.134. The zero-order chi connectivity index (χ0) is 10.4. The number of rotatable bonds is 4. The molecular formula is C10H13NO3. The monoisotopic (exact) mass is 195 g/mol. The summed E-state index contributed by atoms with van der Waals surface area (Å²) in [5.41, 5.74) is 6.09.